The highest BCUT2D eigenvalue weighted by molar-refractivity contribution is 7.16. The van der Waals surface area contributed by atoms with Gasteiger partial charge >= 0.3 is 12.4 Å². The number of nitrogens with zero attached hydrogens (tertiary/aromatic N) is 2. The number of benzene rings is 2. The molecule has 10 heteroatoms. The van der Waals surface area contributed by atoms with Crippen molar-refractivity contribution in [1.82, 2.24) is 10.1 Å². The zero-order valence-electron chi connectivity index (χ0n) is 15.7. The fourth-order valence-corrected chi connectivity index (χ4v) is 3.71. The minimum absolute atomic E-state index is 0.00318. The minimum Gasteiger partial charge on any atom is -0.333 e. The Morgan fingerprint density at radius 1 is 0.867 bits per heavy atom. The van der Waals surface area contributed by atoms with E-state index in [0.717, 1.165) is 12.1 Å². The maximum atomic E-state index is 13.6. The van der Waals surface area contributed by atoms with Gasteiger partial charge in [0.15, 0.2) is 0 Å². The van der Waals surface area contributed by atoms with Crippen molar-refractivity contribution in [3.63, 3.8) is 0 Å². The lowest BCUT2D eigenvalue weighted by Gasteiger charge is -2.07. The van der Waals surface area contributed by atoms with Gasteiger partial charge in [-0.15, -0.1) is 11.3 Å². The molecule has 0 aliphatic carbocycles. The van der Waals surface area contributed by atoms with Crippen molar-refractivity contribution in [2.45, 2.75) is 12.4 Å². The fraction of sp³-hybridized carbons (Fsp3) is 0.100. The molecule has 4 rings (SSSR count). The standard InChI is InChI=1S/C20H10F6N2OS/c21-19(22,23)13-8-4-7-12(9-13)17-27-18(29-28-17)15-10-14(11-5-2-1-3-6-11)16(30-15)20(24,25)26/h1-10H/i9D. The predicted octanol–water partition coefficient (Wildman–Crippen LogP) is 7.17. The van der Waals surface area contributed by atoms with Gasteiger partial charge in [0.25, 0.3) is 5.89 Å². The number of alkyl halides is 6. The SMILES string of the molecule is [2H]c1c(-c2noc(-c3cc(-c4ccccc4)c(C(F)(F)F)s3)n2)cccc1C(F)(F)F. The van der Waals surface area contributed by atoms with E-state index in [0.29, 0.717) is 16.9 Å². The molecule has 0 aliphatic rings. The molecule has 0 unspecified atom stereocenters. The highest BCUT2D eigenvalue weighted by Crippen LogP contribution is 2.45. The molecular formula is C20H10F6N2OS. The summed E-state index contributed by atoms with van der Waals surface area (Å²) in [6.07, 6.45) is -9.38. The highest BCUT2D eigenvalue weighted by Gasteiger charge is 2.37. The number of halogens is 6. The molecule has 0 fully saturated rings. The molecule has 0 spiro atoms. The van der Waals surface area contributed by atoms with Gasteiger partial charge in [-0.1, -0.05) is 47.6 Å². The average Bonchev–Trinajstić information content (AvgIpc) is 3.35. The monoisotopic (exact) mass is 441 g/mol. The molecule has 2 aromatic carbocycles. The van der Waals surface area contributed by atoms with E-state index in [-0.39, 0.29) is 27.7 Å². The van der Waals surface area contributed by atoms with Gasteiger partial charge in [-0.05, 0) is 23.7 Å². The zero-order chi connectivity index (χ0) is 22.4. The highest BCUT2D eigenvalue weighted by atomic mass is 32.1. The van der Waals surface area contributed by atoms with Crippen molar-refractivity contribution in [2.24, 2.45) is 0 Å². The smallest absolute Gasteiger partial charge is 0.333 e. The van der Waals surface area contributed by atoms with Gasteiger partial charge in [-0.25, -0.2) is 0 Å². The van der Waals surface area contributed by atoms with Crippen molar-refractivity contribution >= 4 is 11.3 Å². The lowest BCUT2D eigenvalue weighted by atomic mass is 10.1. The quantitative estimate of drug-likeness (QED) is 0.317. The maximum Gasteiger partial charge on any atom is 0.426 e. The van der Waals surface area contributed by atoms with E-state index in [2.05, 4.69) is 10.1 Å². The van der Waals surface area contributed by atoms with Crippen LogP contribution < -0.4 is 0 Å². The van der Waals surface area contributed by atoms with Gasteiger partial charge in [0.2, 0.25) is 5.82 Å². The number of rotatable bonds is 3. The summed E-state index contributed by atoms with van der Waals surface area (Å²) in [6, 6.07) is 11.3. The van der Waals surface area contributed by atoms with Crippen LogP contribution in [0.25, 0.3) is 33.3 Å². The second-order valence-electron chi connectivity index (χ2n) is 6.12. The van der Waals surface area contributed by atoms with Crippen molar-refractivity contribution in [3.05, 3.63) is 71.1 Å². The van der Waals surface area contributed by atoms with E-state index in [1.54, 1.807) is 18.2 Å². The van der Waals surface area contributed by atoms with Crippen LogP contribution in [0.3, 0.4) is 0 Å². The molecule has 0 atom stereocenters. The Morgan fingerprint density at radius 3 is 2.23 bits per heavy atom. The number of hydrogen-bond acceptors (Lipinski definition) is 4. The van der Waals surface area contributed by atoms with Crippen molar-refractivity contribution in [3.8, 4) is 33.3 Å². The molecule has 30 heavy (non-hydrogen) atoms. The molecule has 154 valence electrons. The van der Waals surface area contributed by atoms with Gasteiger partial charge in [-0.3, -0.25) is 0 Å². The van der Waals surface area contributed by atoms with Gasteiger partial charge in [0.1, 0.15) is 4.88 Å². The average molecular weight is 441 g/mol. The number of hydrogen-bond donors (Lipinski definition) is 0. The largest absolute Gasteiger partial charge is 0.426 e. The molecule has 4 aromatic rings. The van der Waals surface area contributed by atoms with Crippen LogP contribution in [-0.4, -0.2) is 10.1 Å². The fourth-order valence-electron chi connectivity index (χ4n) is 2.74. The molecule has 0 aliphatic heterocycles. The van der Waals surface area contributed by atoms with E-state index < -0.39 is 28.8 Å². The lowest BCUT2D eigenvalue weighted by molar-refractivity contribution is -0.137. The molecule has 2 heterocycles. The minimum atomic E-state index is -4.75. The van der Waals surface area contributed by atoms with Gasteiger partial charge in [0, 0.05) is 11.1 Å². The Hall–Kier alpha value is -3.14. The third kappa shape index (κ3) is 3.95. The number of aromatic nitrogens is 2. The summed E-state index contributed by atoms with van der Waals surface area (Å²) in [5.74, 6) is -0.612. The summed E-state index contributed by atoms with van der Waals surface area (Å²) in [5, 5.41) is 3.57. The molecular weight excluding hydrogens is 430 g/mol. The van der Waals surface area contributed by atoms with E-state index in [9.17, 15) is 26.3 Å². The second kappa shape index (κ2) is 7.28. The Bertz CT molecular complexity index is 1230. The van der Waals surface area contributed by atoms with Gasteiger partial charge in [0.05, 0.1) is 11.8 Å². The Labute approximate surface area is 171 Å². The molecule has 0 N–H and O–H groups in total. The third-order valence-electron chi connectivity index (χ3n) is 4.05. The van der Waals surface area contributed by atoms with Crippen LogP contribution in [0.2, 0.25) is 0 Å². The van der Waals surface area contributed by atoms with Crippen LogP contribution >= 0.6 is 11.3 Å². The summed E-state index contributed by atoms with van der Waals surface area (Å²) >= 11 is 0.386. The summed E-state index contributed by atoms with van der Waals surface area (Å²) in [5.41, 5.74) is -1.17. The van der Waals surface area contributed by atoms with E-state index in [4.69, 9.17) is 5.89 Å². The summed E-state index contributed by atoms with van der Waals surface area (Å²) < 4.78 is 92.6. The molecule has 0 saturated carbocycles. The summed E-state index contributed by atoms with van der Waals surface area (Å²) in [6.45, 7) is 0. The molecule has 0 saturated heterocycles. The first-order chi connectivity index (χ1) is 14.6. The van der Waals surface area contributed by atoms with Crippen LogP contribution in [0.4, 0.5) is 26.3 Å². The molecule has 3 nitrogen and oxygen atoms in total. The van der Waals surface area contributed by atoms with E-state index in [1.165, 1.54) is 24.3 Å². The summed E-state index contributed by atoms with van der Waals surface area (Å²) in [7, 11) is 0. The van der Waals surface area contributed by atoms with E-state index in [1.807, 2.05) is 0 Å². The van der Waals surface area contributed by atoms with Crippen LogP contribution in [0, 0.1) is 0 Å². The van der Waals surface area contributed by atoms with Gasteiger partial charge < -0.3 is 4.52 Å². The zero-order valence-corrected chi connectivity index (χ0v) is 15.5. The predicted molar refractivity (Wildman–Crippen MR) is 98.5 cm³/mol. The first kappa shape index (κ1) is 18.9. The lowest BCUT2D eigenvalue weighted by Crippen LogP contribution is -2.04. The molecule has 0 amide bonds. The molecule has 2 aromatic heterocycles. The van der Waals surface area contributed by atoms with Crippen LogP contribution in [-0.2, 0) is 12.4 Å². The number of thiophene rings is 1. The first-order valence-electron chi connectivity index (χ1n) is 8.83. The Balaban J connectivity index is 1.78. The van der Waals surface area contributed by atoms with Crippen LogP contribution in [0.15, 0.2) is 65.2 Å². The van der Waals surface area contributed by atoms with Gasteiger partial charge in [-0.2, -0.15) is 31.3 Å². The van der Waals surface area contributed by atoms with E-state index >= 15 is 0 Å². The second-order valence-corrected chi connectivity index (χ2v) is 7.17. The maximum absolute atomic E-state index is 13.6. The third-order valence-corrected chi connectivity index (χ3v) is 5.22. The van der Waals surface area contributed by atoms with Crippen molar-refractivity contribution < 1.29 is 32.2 Å². The molecule has 0 radical (unpaired) electrons. The van der Waals surface area contributed by atoms with Crippen LogP contribution in [0.5, 0.6) is 0 Å². The van der Waals surface area contributed by atoms with Crippen molar-refractivity contribution in [1.29, 1.82) is 0 Å². The summed E-state index contributed by atoms with van der Waals surface area (Å²) in [4.78, 5) is 3.08. The Morgan fingerprint density at radius 2 is 1.57 bits per heavy atom. The molecule has 0 bridgehead atoms. The first-order valence-corrected chi connectivity index (χ1v) is 9.15. The van der Waals surface area contributed by atoms with Crippen LogP contribution in [0.1, 0.15) is 11.8 Å². The normalized spacial score (nSPS) is 12.8. The Kier molecular flexibility index (Phi) is 4.58. The van der Waals surface area contributed by atoms with Crippen molar-refractivity contribution in [2.75, 3.05) is 0 Å². The topological polar surface area (TPSA) is 38.9 Å².